The molecule has 1 fully saturated rings. The predicted octanol–water partition coefficient (Wildman–Crippen LogP) is 5.08. The van der Waals surface area contributed by atoms with E-state index in [2.05, 4.69) is 11.0 Å². The Morgan fingerprint density at radius 1 is 1.03 bits per heavy atom. The molecule has 0 spiro atoms. The third-order valence-electron chi connectivity index (χ3n) is 5.61. The Kier molecular flexibility index (Phi) is 5.54. The lowest BCUT2D eigenvalue weighted by molar-refractivity contribution is 0.115. The number of hydrogen-bond acceptors (Lipinski definition) is 6. The second kappa shape index (κ2) is 8.78. The van der Waals surface area contributed by atoms with Crippen molar-refractivity contribution in [3.8, 4) is 17.1 Å². The molecule has 6 heteroatoms. The van der Waals surface area contributed by atoms with Gasteiger partial charge in [0, 0.05) is 24.1 Å². The highest BCUT2D eigenvalue weighted by Gasteiger charge is 2.23. The minimum absolute atomic E-state index is 0.188. The van der Waals surface area contributed by atoms with Gasteiger partial charge in [-0.15, -0.1) is 0 Å². The Morgan fingerprint density at radius 2 is 1.90 bits per heavy atom. The number of para-hydroxylation sites is 1. The molecule has 158 valence electrons. The maximum atomic E-state index is 5.95. The number of fused-ring (bicyclic) bond motifs is 1. The van der Waals surface area contributed by atoms with Gasteiger partial charge in [0.25, 0.3) is 0 Å². The number of aromatic nitrogens is 2. The van der Waals surface area contributed by atoms with Crippen molar-refractivity contribution in [2.75, 3.05) is 25.2 Å². The molecular formula is C25H25N3O3. The molecule has 1 saturated heterocycles. The highest BCUT2D eigenvalue weighted by atomic mass is 16.5. The number of rotatable bonds is 7. The second-order valence-corrected chi connectivity index (χ2v) is 7.71. The number of anilines is 1. The average Bonchev–Trinajstić information content (AvgIpc) is 3.52. The Morgan fingerprint density at radius 3 is 2.65 bits per heavy atom. The Bertz CT molecular complexity index is 1140. The first-order valence-corrected chi connectivity index (χ1v) is 10.6. The van der Waals surface area contributed by atoms with Gasteiger partial charge in [0.1, 0.15) is 17.3 Å². The molecule has 6 nitrogen and oxygen atoms in total. The van der Waals surface area contributed by atoms with Gasteiger partial charge in [-0.05, 0) is 61.4 Å². The third-order valence-corrected chi connectivity index (χ3v) is 5.61. The van der Waals surface area contributed by atoms with E-state index in [9.17, 15) is 0 Å². The summed E-state index contributed by atoms with van der Waals surface area (Å²) in [6.45, 7) is 2.19. The molecule has 1 atom stereocenters. The summed E-state index contributed by atoms with van der Waals surface area (Å²) in [4.78, 5) is 12.1. The molecule has 0 unspecified atom stereocenters. The summed E-state index contributed by atoms with van der Waals surface area (Å²) >= 11 is 0. The minimum atomic E-state index is 0.188. The van der Waals surface area contributed by atoms with Crippen LogP contribution < -0.4 is 9.64 Å². The first kappa shape index (κ1) is 19.6. The van der Waals surface area contributed by atoms with Crippen LogP contribution in [0.15, 0.2) is 71.3 Å². The average molecular weight is 415 g/mol. The summed E-state index contributed by atoms with van der Waals surface area (Å²) in [5.41, 5.74) is 1.86. The summed E-state index contributed by atoms with van der Waals surface area (Å²) in [6, 6.07) is 19.9. The van der Waals surface area contributed by atoms with Gasteiger partial charge in [0.05, 0.1) is 31.5 Å². The molecule has 3 heterocycles. The van der Waals surface area contributed by atoms with Crippen LogP contribution in [0.4, 0.5) is 5.82 Å². The fourth-order valence-corrected chi connectivity index (χ4v) is 4.02. The molecule has 0 bridgehead atoms. The van der Waals surface area contributed by atoms with E-state index < -0.39 is 0 Å². The molecule has 0 radical (unpaired) electrons. The van der Waals surface area contributed by atoms with Gasteiger partial charge in [-0.2, -0.15) is 0 Å². The number of methoxy groups -OCH3 is 1. The van der Waals surface area contributed by atoms with Gasteiger partial charge >= 0.3 is 0 Å². The summed E-state index contributed by atoms with van der Waals surface area (Å²) in [7, 11) is 1.66. The van der Waals surface area contributed by atoms with Crippen molar-refractivity contribution in [3.63, 3.8) is 0 Å². The maximum Gasteiger partial charge on any atom is 0.162 e. The maximum absolute atomic E-state index is 5.95. The SMILES string of the molecule is COc1ccc(-c2nc(N(Cc3ccco3)C[C@H]3CCCO3)c3ccccc3n2)cc1. The van der Waals surface area contributed by atoms with Crippen molar-refractivity contribution in [2.24, 2.45) is 0 Å². The zero-order valence-electron chi connectivity index (χ0n) is 17.5. The molecule has 4 aromatic rings. The monoisotopic (exact) mass is 415 g/mol. The lowest BCUT2D eigenvalue weighted by Crippen LogP contribution is -2.32. The molecule has 1 aliphatic rings. The van der Waals surface area contributed by atoms with Crippen LogP contribution in [0, 0.1) is 0 Å². The topological polar surface area (TPSA) is 60.6 Å². The predicted molar refractivity (Wildman–Crippen MR) is 120 cm³/mol. The minimum Gasteiger partial charge on any atom is -0.497 e. The molecule has 5 rings (SSSR count). The molecule has 2 aromatic carbocycles. The van der Waals surface area contributed by atoms with E-state index in [0.29, 0.717) is 12.4 Å². The van der Waals surface area contributed by atoms with Crippen LogP contribution in [0.3, 0.4) is 0 Å². The van der Waals surface area contributed by atoms with Crippen molar-refractivity contribution >= 4 is 16.7 Å². The summed E-state index contributed by atoms with van der Waals surface area (Å²) < 4.78 is 16.9. The lowest BCUT2D eigenvalue weighted by Gasteiger charge is -2.27. The summed E-state index contributed by atoms with van der Waals surface area (Å²) in [5, 5.41) is 1.02. The molecule has 0 saturated carbocycles. The number of furan rings is 1. The summed E-state index contributed by atoms with van der Waals surface area (Å²) in [6.07, 6.45) is 4.05. The van der Waals surface area contributed by atoms with Crippen LogP contribution in [-0.4, -0.2) is 36.3 Å². The van der Waals surface area contributed by atoms with E-state index in [1.165, 1.54) is 0 Å². The van der Waals surface area contributed by atoms with Crippen molar-refractivity contribution in [1.29, 1.82) is 0 Å². The van der Waals surface area contributed by atoms with E-state index >= 15 is 0 Å². The summed E-state index contributed by atoms with van der Waals surface area (Å²) in [5.74, 6) is 3.28. The highest BCUT2D eigenvalue weighted by molar-refractivity contribution is 5.91. The second-order valence-electron chi connectivity index (χ2n) is 7.71. The Hall–Kier alpha value is -3.38. The fraction of sp³-hybridized carbons (Fsp3) is 0.280. The number of hydrogen-bond donors (Lipinski definition) is 0. The third kappa shape index (κ3) is 4.25. The van der Waals surface area contributed by atoms with Crippen molar-refractivity contribution < 1.29 is 13.9 Å². The van der Waals surface area contributed by atoms with Crippen molar-refractivity contribution in [3.05, 3.63) is 72.7 Å². The van der Waals surface area contributed by atoms with Crippen LogP contribution in [0.5, 0.6) is 5.75 Å². The molecule has 0 aliphatic carbocycles. The van der Waals surface area contributed by atoms with Gasteiger partial charge in [-0.3, -0.25) is 0 Å². The molecule has 1 aliphatic heterocycles. The van der Waals surface area contributed by atoms with Crippen LogP contribution in [-0.2, 0) is 11.3 Å². The fourth-order valence-electron chi connectivity index (χ4n) is 4.02. The number of ether oxygens (including phenoxy) is 2. The molecule has 31 heavy (non-hydrogen) atoms. The first-order valence-electron chi connectivity index (χ1n) is 10.6. The van der Waals surface area contributed by atoms with Gasteiger partial charge < -0.3 is 18.8 Å². The Labute approximate surface area is 181 Å². The normalized spacial score (nSPS) is 16.0. The van der Waals surface area contributed by atoms with Crippen LogP contribution in [0.2, 0.25) is 0 Å². The first-order chi connectivity index (χ1) is 15.3. The van der Waals surface area contributed by atoms with Crippen molar-refractivity contribution in [1.82, 2.24) is 9.97 Å². The number of nitrogens with zero attached hydrogens (tertiary/aromatic N) is 3. The van der Waals surface area contributed by atoms with Crippen LogP contribution >= 0.6 is 0 Å². The van der Waals surface area contributed by atoms with Gasteiger partial charge in [-0.1, -0.05) is 12.1 Å². The molecule has 0 amide bonds. The van der Waals surface area contributed by atoms with Crippen LogP contribution in [0.1, 0.15) is 18.6 Å². The van der Waals surface area contributed by atoms with Gasteiger partial charge in [0.15, 0.2) is 5.82 Å². The standard InChI is InChI=1S/C25H25N3O3/c1-29-19-12-10-18(11-13-19)24-26-23-9-3-2-8-22(23)25(27-24)28(16-20-6-4-14-30-20)17-21-7-5-15-31-21/h2-4,6,8-14,21H,5,7,15-17H2,1H3/t21-/m1/s1. The Balaban J connectivity index is 1.60. The smallest absolute Gasteiger partial charge is 0.162 e. The van der Waals surface area contributed by atoms with E-state index in [1.54, 1.807) is 13.4 Å². The van der Waals surface area contributed by atoms with E-state index in [0.717, 1.165) is 59.8 Å². The van der Waals surface area contributed by atoms with E-state index in [1.807, 2.05) is 54.6 Å². The largest absolute Gasteiger partial charge is 0.497 e. The van der Waals surface area contributed by atoms with Gasteiger partial charge in [0.2, 0.25) is 0 Å². The van der Waals surface area contributed by atoms with Gasteiger partial charge in [-0.25, -0.2) is 9.97 Å². The highest BCUT2D eigenvalue weighted by Crippen LogP contribution is 2.30. The van der Waals surface area contributed by atoms with E-state index in [4.69, 9.17) is 23.9 Å². The zero-order chi connectivity index (χ0) is 21.0. The van der Waals surface area contributed by atoms with Crippen LogP contribution in [0.25, 0.3) is 22.3 Å². The zero-order valence-corrected chi connectivity index (χ0v) is 17.5. The van der Waals surface area contributed by atoms with E-state index in [-0.39, 0.29) is 6.10 Å². The molecular weight excluding hydrogens is 390 g/mol. The number of benzene rings is 2. The molecule has 0 N–H and O–H groups in total. The lowest BCUT2D eigenvalue weighted by atomic mass is 10.1. The quantitative estimate of drug-likeness (QED) is 0.419. The molecule has 2 aromatic heterocycles. The van der Waals surface area contributed by atoms with Crippen molar-refractivity contribution in [2.45, 2.75) is 25.5 Å².